The fourth-order valence-corrected chi connectivity index (χ4v) is 1.56. The molecular weight excluding hydrogens is 210 g/mol. The topological polar surface area (TPSA) is 54.0 Å². The van der Waals surface area contributed by atoms with Gasteiger partial charge in [0, 0.05) is 18.1 Å². The maximum absolute atomic E-state index is 11.3. The van der Waals surface area contributed by atoms with Crippen molar-refractivity contribution in [2.24, 2.45) is 5.92 Å². The first-order chi connectivity index (χ1) is 7.18. The summed E-state index contributed by atoms with van der Waals surface area (Å²) in [6.07, 6.45) is 2.73. The third-order valence-corrected chi connectivity index (χ3v) is 2.61. The van der Waals surface area contributed by atoms with E-state index >= 15 is 0 Å². The van der Waals surface area contributed by atoms with Gasteiger partial charge in [-0.2, -0.15) is 0 Å². The van der Waals surface area contributed by atoms with Crippen LogP contribution in [0.15, 0.2) is 11.6 Å². The molecule has 5 heteroatoms. The summed E-state index contributed by atoms with van der Waals surface area (Å²) in [6.45, 7) is 5.32. The fraction of sp³-hybridized carbons (Fsp3) is 0.600. The largest absolute Gasteiger partial charge is 0.355 e. The molecule has 4 nitrogen and oxygen atoms in total. The van der Waals surface area contributed by atoms with E-state index in [9.17, 15) is 4.79 Å². The van der Waals surface area contributed by atoms with Crippen molar-refractivity contribution in [3.63, 3.8) is 0 Å². The van der Waals surface area contributed by atoms with Crippen LogP contribution in [0.2, 0.25) is 0 Å². The summed E-state index contributed by atoms with van der Waals surface area (Å²) in [5.41, 5.74) is 0. The second-order valence-corrected chi connectivity index (χ2v) is 4.62. The molecule has 15 heavy (non-hydrogen) atoms. The molecule has 1 aromatic rings. The monoisotopic (exact) mass is 227 g/mol. The normalized spacial score (nSPS) is 10.3. The summed E-state index contributed by atoms with van der Waals surface area (Å²) in [7, 11) is 0. The molecule has 0 saturated heterocycles. The highest BCUT2D eigenvalue weighted by Gasteiger charge is 2.02. The van der Waals surface area contributed by atoms with Gasteiger partial charge in [0.15, 0.2) is 5.13 Å². The Balaban J connectivity index is 2.09. The summed E-state index contributed by atoms with van der Waals surface area (Å²) >= 11 is 1.49. The molecule has 84 valence electrons. The highest BCUT2D eigenvalue weighted by Crippen LogP contribution is 2.08. The number of hydrogen-bond acceptors (Lipinski definition) is 4. The van der Waals surface area contributed by atoms with Gasteiger partial charge in [0.05, 0.1) is 6.54 Å². The molecule has 0 spiro atoms. The van der Waals surface area contributed by atoms with Gasteiger partial charge in [0.1, 0.15) is 0 Å². The van der Waals surface area contributed by atoms with E-state index in [0.29, 0.717) is 12.5 Å². The van der Waals surface area contributed by atoms with Crippen molar-refractivity contribution in [1.29, 1.82) is 0 Å². The van der Waals surface area contributed by atoms with Crippen LogP contribution in [-0.2, 0) is 4.79 Å². The summed E-state index contributed by atoms with van der Waals surface area (Å²) in [5.74, 6) is 0.642. The lowest BCUT2D eigenvalue weighted by Crippen LogP contribution is -2.31. The minimum absolute atomic E-state index is 0.0193. The SMILES string of the molecule is CC(C)CCNC(=O)CNc1nccs1. The molecule has 0 aliphatic carbocycles. The second kappa shape index (κ2) is 6.40. The lowest BCUT2D eigenvalue weighted by molar-refractivity contribution is -0.119. The molecule has 0 unspecified atom stereocenters. The number of hydrogen-bond donors (Lipinski definition) is 2. The lowest BCUT2D eigenvalue weighted by Gasteiger charge is -2.07. The van der Waals surface area contributed by atoms with Crippen LogP contribution in [0.3, 0.4) is 0 Å². The third kappa shape index (κ3) is 5.37. The van der Waals surface area contributed by atoms with Gasteiger partial charge in [-0.25, -0.2) is 4.98 Å². The van der Waals surface area contributed by atoms with Crippen LogP contribution in [0.4, 0.5) is 5.13 Å². The van der Waals surface area contributed by atoms with Crippen LogP contribution in [-0.4, -0.2) is 24.0 Å². The minimum Gasteiger partial charge on any atom is -0.355 e. The molecule has 0 aromatic carbocycles. The van der Waals surface area contributed by atoms with Crippen molar-refractivity contribution in [1.82, 2.24) is 10.3 Å². The molecule has 0 fully saturated rings. The molecular formula is C10H17N3OS. The van der Waals surface area contributed by atoms with E-state index in [1.807, 2.05) is 5.38 Å². The molecule has 0 radical (unpaired) electrons. The van der Waals surface area contributed by atoms with Gasteiger partial charge < -0.3 is 10.6 Å². The van der Waals surface area contributed by atoms with E-state index in [1.165, 1.54) is 11.3 Å². The van der Waals surface area contributed by atoms with Gasteiger partial charge >= 0.3 is 0 Å². The summed E-state index contributed by atoms with van der Waals surface area (Å²) in [5, 5.41) is 8.47. The van der Waals surface area contributed by atoms with Crippen LogP contribution in [0.25, 0.3) is 0 Å². The molecule has 0 atom stereocenters. The number of aromatic nitrogens is 1. The highest BCUT2D eigenvalue weighted by molar-refractivity contribution is 7.13. The Kier molecular flexibility index (Phi) is 5.10. The molecule has 2 N–H and O–H groups in total. The average molecular weight is 227 g/mol. The van der Waals surface area contributed by atoms with E-state index in [2.05, 4.69) is 29.5 Å². The standard InChI is InChI=1S/C10H17N3OS/c1-8(2)3-4-11-9(14)7-13-10-12-5-6-15-10/h5-6,8H,3-4,7H2,1-2H3,(H,11,14)(H,12,13). The number of carbonyl (C=O) groups is 1. The Morgan fingerprint density at radius 2 is 2.40 bits per heavy atom. The van der Waals surface area contributed by atoms with Crippen molar-refractivity contribution in [3.8, 4) is 0 Å². The number of thiazole rings is 1. The second-order valence-electron chi connectivity index (χ2n) is 3.72. The zero-order chi connectivity index (χ0) is 11.1. The maximum atomic E-state index is 11.3. The summed E-state index contributed by atoms with van der Waals surface area (Å²) in [6, 6.07) is 0. The van der Waals surface area contributed by atoms with E-state index in [4.69, 9.17) is 0 Å². The van der Waals surface area contributed by atoms with Crippen molar-refractivity contribution in [3.05, 3.63) is 11.6 Å². The molecule has 0 aliphatic heterocycles. The van der Waals surface area contributed by atoms with Crippen molar-refractivity contribution >= 4 is 22.4 Å². The maximum Gasteiger partial charge on any atom is 0.239 e. The van der Waals surface area contributed by atoms with Crippen LogP contribution < -0.4 is 10.6 Å². The molecule has 1 heterocycles. The molecule has 1 aromatic heterocycles. The van der Waals surface area contributed by atoms with Gasteiger partial charge in [-0.3, -0.25) is 4.79 Å². The molecule has 0 saturated carbocycles. The third-order valence-electron chi connectivity index (χ3n) is 1.88. The quantitative estimate of drug-likeness (QED) is 0.778. The van der Waals surface area contributed by atoms with Crippen molar-refractivity contribution in [2.75, 3.05) is 18.4 Å². The number of carbonyl (C=O) groups excluding carboxylic acids is 1. The zero-order valence-corrected chi connectivity index (χ0v) is 9.93. The number of nitrogens with zero attached hydrogens (tertiary/aromatic N) is 1. The molecule has 0 aliphatic rings. The average Bonchev–Trinajstić information content (AvgIpc) is 2.66. The first-order valence-electron chi connectivity index (χ1n) is 5.08. The number of anilines is 1. The van der Waals surface area contributed by atoms with Gasteiger partial charge in [0.2, 0.25) is 5.91 Å². The van der Waals surface area contributed by atoms with Crippen LogP contribution in [0, 0.1) is 5.92 Å². The van der Waals surface area contributed by atoms with Crippen LogP contribution in [0.1, 0.15) is 20.3 Å². The highest BCUT2D eigenvalue weighted by atomic mass is 32.1. The number of amides is 1. The Morgan fingerprint density at radius 3 is 3.00 bits per heavy atom. The van der Waals surface area contributed by atoms with E-state index < -0.39 is 0 Å². The first kappa shape index (κ1) is 12.0. The smallest absolute Gasteiger partial charge is 0.239 e. The van der Waals surface area contributed by atoms with E-state index in [-0.39, 0.29) is 5.91 Å². The lowest BCUT2D eigenvalue weighted by atomic mass is 10.1. The van der Waals surface area contributed by atoms with Gasteiger partial charge in [-0.05, 0) is 12.3 Å². The van der Waals surface area contributed by atoms with Gasteiger partial charge in [-0.15, -0.1) is 11.3 Å². The summed E-state index contributed by atoms with van der Waals surface area (Å²) in [4.78, 5) is 15.3. The van der Waals surface area contributed by atoms with Crippen LogP contribution in [0.5, 0.6) is 0 Å². The summed E-state index contributed by atoms with van der Waals surface area (Å²) < 4.78 is 0. The van der Waals surface area contributed by atoms with Gasteiger partial charge in [-0.1, -0.05) is 13.8 Å². The van der Waals surface area contributed by atoms with Crippen molar-refractivity contribution in [2.45, 2.75) is 20.3 Å². The van der Waals surface area contributed by atoms with Crippen molar-refractivity contribution < 1.29 is 4.79 Å². The van der Waals surface area contributed by atoms with Crippen LogP contribution >= 0.6 is 11.3 Å². The van der Waals surface area contributed by atoms with E-state index in [1.54, 1.807) is 6.20 Å². The Bertz CT molecular complexity index is 285. The Morgan fingerprint density at radius 1 is 1.60 bits per heavy atom. The Hall–Kier alpha value is -1.10. The predicted molar refractivity (Wildman–Crippen MR) is 63.1 cm³/mol. The molecule has 1 rings (SSSR count). The number of nitrogens with one attached hydrogen (secondary N) is 2. The Labute approximate surface area is 94.1 Å². The predicted octanol–water partition coefficient (Wildman–Crippen LogP) is 1.72. The zero-order valence-electron chi connectivity index (χ0n) is 9.12. The molecule has 1 amide bonds. The minimum atomic E-state index is 0.0193. The molecule has 0 bridgehead atoms. The number of rotatable bonds is 6. The van der Waals surface area contributed by atoms with Gasteiger partial charge in [0.25, 0.3) is 0 Å². The first-order valence-corrected chi connectivity index (χ1v) is 5.96. The fourth-order valence-electron chi connectivity index (χ4n) is 1.03. The van der Waals surface area contributed by atoms with E-state index in [0.717, 1.165) is 18.1 Å².